The second kappa shape index (κ2) is 8.77. The molecule has 3 aliphatic rings. The van der Waals surface area contributed by atoms with E-state index in [-0.39, 0.29) is 18.8 Å². The number of benzene rings is 2. The zero-order chi connectivity index (χ0) is 21.2. The summed E-state index contributed by atoms with van der Waals surface area (Å²) in [4.78, 5) is 19.7. The summed E-state index contributed by atoms with van der Waals surface area (Å²) in [7, 11) is 0. The van der Waals surface area contributed by atoms with Crippen LogP contribution in [-0.2, 0) is 9.53 Å². The number of carbonyl (C=O) groups is 1. The molecule has 0 N–H and O–H groups in total. The van der Waals surface area contributed by atoms with Gasteiger partial charge in [0.25, 0.3) is 5.91 Å². The molecule has 0 spiro atoms. The lowest BCUT2D eigenvalue weighted by Gasteiger charge is -2.23. The standard InChI is InChI=1S/C24H24N2O4S/c1-16-5-8-18(9-6-16)26-23(27)20(12-17-7-10-21-22(13-17)30-15-29-21)25-24(26)31-14-19-4-2-3-11-28-19/h5-10,12-13,19H,2-4,11,14-15H2,1H3/b20-12+/t19-/m0/s1. The van der Waals surface area contributed by atoms with E-state index in [0.717, 1.165) is 42.0 Å². The van der Waals surface area contributed by atoms with E-state index in [1.807, 2.05) is 49.4 Å². The third-order valence-corrected chi connectivity index (χ3v) is 6.56. The third-order valence-electron chi connectivity index (χ3n) is 5.49. The van der Waals surface area contributed by atoms with Crippen LogP contribution < -0.4 is 14.4 Å². The fraction of sp³-hybridized carbons (Fsp3) is 0.333. The van der Waals surface area contributed by atoms with Crippen molar-refractivity contribution in [3.8, 4) is 11.5 Å². The fourth-order valence-corrected chi connectivity index (χ4v) is 4.86. The summed E-state index contributed by atoms with van der Waals surface area (Å²) in [5, 5.41) is 0.690. The highest BCUT2D eigenvalue weighted by Gasteiger charge is 2.32. The van der Waals surface area contributed by atoms with E-state index in [1.54, 1.807) is 22.7 Å². The lowest BCUT2D eigenvalue weighted by atomic mass is 10.1. The van der Waals surface area contributed by atoms with Crippen LogP contribution in [0.3, 0.4) is 0 Å². The van der Waals surface area contributed by atoms with Crippen LogP contribution in [0.2, 0.25) is 0 Å². The molecule has 0 unspecified atom stereocenters. The minimum atomic E-state index is -0.131. The minimum absolute atomic E-state index is 0.131. The van der Waals surface area contributed by atoms with Gasteiger partial charge in [0, 0.05) is 12.4 Å². The number of anilines is 1. The lowest BCUT2D eigenvalue weighted by Crippen LogP contribution is -2.31. The zero-order valence-electron chi connectivity index (χ0n) is 17.4. The number of carbonyl (C=O) groups excluding carboxylic acids is 1. The van der Waals surface area contributed by atoms with Gasteiger partial charge in [-0.25, -0.2) is 4.99 Å². The maximum atomic E-state index is 13.3. The van der Waals surface area contributed by atoms with Crippen molar-refractivity contribution in [1.29, 1.82) is 0 Å². The first-order chi connectivity index (χ1) is 15.2. The Hall–Kier alpha value is -2.77. The summed E-state index contributed by atoms with van der Waals surface area (Å²) >= 11 is 1.58. The van der Waals surface area contributed by atoms with Crippen LogP contribution in [0.1, 0.15) is 30.4 Å². The summed E-state index contributed by atoms with van der Waals surface area (Å²) in [6, 6.07) is 13.6. The van der Waals surface area contributed by atoms with Crippen molar-refractivity contribution in [2.75, 3.05) is 24.1 Å². The first-order valence-corrected chi connectivity index (χ1v) is 11.5. The number of aryl methyl sites for hydroxylation is 1. The van der Waals surface area contributed by atoms with Gasteiger partial charge >= 0.3 is 0 Å². The summed E-state index contributed by atoms with van der Waals surface area (Å²) < 4.78 is 16.7. The van der Waals surface area contributed by atoms with E-state index in [0.29, 0.717) is 22.4 Å². The van der Waals surface area contributed by atoms with Gasteiger partial charge in [-0.05, 0) is 62.1 Å². The molecule has 6 nitrogen and oxygen atoms in total. The molecule has 3 aliphatic heterocycles. The van der Waals surface area contributed by atoms with Gasteiger partial charge in [0.1, 0.15) is 5.70 Å². The van der Waals surface area contributed by atoms with Gasteiger partial charge in [-0.15, -0.1) is 0 Å². The molecule has 2 aromatic rings. The predicted molar refractivity (Wildman–Crippen MR) is 123 cm³/mol. The molecular weight excluding hydrogens is 412 g/mol. The fourth-order valence-electron chi connectivity index (χ4n) is 3.78. The number of amidine groups is 1. The van der Waals surface area contributed by atoms with Gasteiger partial charge in [0.2, 0.25) is 6.79 Å². The molecule has 1 amide bonds. The van der Waals surface area contributed by atoms with Gasteiger partial charge < -0.3 is 14.2 Å². The first-order valence-electron chi connectivity index (χ1n) is 10.5. The van der Waals surface area contributed by atoms with Crippen molar-refractivity contribution in [2.45, 2.75) is 32.3 Å². The van der Waals surface area contributed by atoms with E-state index in [4.69, 9.17) is 19.2 Å². The second-order valence-electron chi connectivity index (χ2n) is 7.81. The number of rotatable bonds is 4. The molecule has 31 heavy (non-hydrogen) atoms. The van der Waals surface area contributed by atoms with Crippen molar-refractivity contribution in [3.63, 3.8) is 0 Å². The summed E-state index contributed by atoms with van der Waals surface area (Å²) in [5.74, 6) is 2.05. The summed E-state index contributed by atoms with van der Waals surface area (Å²) in [5.41, 5.74) is 3.22. The Morgan fingerprint density at radius 3 is 2.77 bits per heavy atom. The third kappa shape index (κ3) is 4.34. The Kier molecular flexibility index (Phi) is 5.70. The van der Waals surface area contributed by atoms with Crippen LogP contribution in [0, 0.1) is 6.92 Å². The topological polar surface area (TPSA) is 60.4 Å². The number of ether oxygens (including phenoxy) is 3. The Bertz CT molecular complexity index is 1040. The maximum absolute atomic E-state index is 13.3. The van der Waals surface area contributed by atoms with Crippen LogP contribution in [0.25, 0.3) is 6.08 Å². The van der Waals surface area contributed by atoms with E-state index in [1.165, 1.54) is 6.42 Å². The average Bonchev–Trinajstić information content (AvgIpc) is 3.38. The van der Waals surface area contributed by atoms with Crippen LogP contribution in [0.4, 0.5) is 5.69 Å². The van der Waals surface area contributed by atoms with Crippen molar-refractivity contribution >= 4 is 34.6 Å². The zero-order valence-corrected chi connectivity index (χ0v) is 18.2. The lowest BCUT2D eigenvalue weighted by molar-refractivity contribution is -0.113. The Balaban J connectivity index is 1.43. The van der Waals surface area contributed by atoms with Gasteiger partial charge in [-0.1, -0.05) is 35.5 Å². The van der Waals surface area contributed by atoms with Crippen LogP contribution in [0.15, 0.2) is 53.2 Å². The monoisotopic (exact) mass is 436 g/mol. The molecule has 1 fully saturated rings. The SMILES string of the molecule is Cc1ccc(N2C(=O)/C(=C\c3ccc4c(c3)OCO4)N=C2SC[C@@H]2CCCCO2)cc1. The van der Waals surface area contributed by atoms with Crippen molar-refractivity contribution < 1.29 is 19.0 Å². The molecule has 0 radical (unpaired) electrons. The quantitative estimate of drug-likeness (QED) is 0.646. The average molecular weight is 437 g/mol. The molecule has 7 heteroatoms. The van der Waals surface area contributed by atoms with E-state index >= 15 is 0 Å². The Labute approximate surface area is 185 Å². The van der Waals surface area contributed by atoms with Gasteiger partial charge in [0.05, 0.1) is 11.8 Å². The molecular formula is C24H24N2O4S. The number of nitrogens with zero attached hydrogens (tertiary/aromatic N) is 2. The molecule has 3 heterocycles. The number of thioether (sulfide) groups is 1. The first kappa shape index (κ1) is 20.2. The molecule has 1 saturated heterocycles. The van der Waals surface area contributed by atoms with Crippen molar-refractivity contribution in [1.82, 2.24) is 0 Å². The molecule has 0 aliphatic carbocycles. The number of hydrogen-bond donors (Lipinski definition) is 0. The van der Waals surface area contributed by atoms with E-state index in [2.05, 4.69) is 0 Å². The van der Waals surface area contributed by atoms with Gasteiger partial charge in [-0.3, -0.25) is 9.69 Å². The Morgan fingerprint density at radius 2 is 1.97 bits per heavy atom. The number of fused-ring (bicyclic) bond motifs is 1. The molecule has 1 atom stereocenters. The Morgan fingerprint density at radius 1 is 1.13 bits per heavy atom. The minimum Gasteiger partial charge on any atom is -0.454 e. The molecule has 5 rings (SSSR count). The molecule has 0 aromatic heterocycles. The smallest absolute Gasteiger partial charge is 0.283 e. The van der Waals surface area contributed by atoms with Gasteiger partial charge in [-0.2, -0.15) is 0 Å². The summed E-state index contributed by atoms with van der Waals surface area (Å²) in [6.45, 7) is 3.07. The maximum Gasteiger partial charge on any atom is 0.283 e. The highest BCUT2D eigenvalue weighted by molar-refractivity contribution is 8.14. The van der Waals surface area contributed by atoms with Crippen LogP contribution in [-0.4, -0.2) is 36.3 Å². The largest absolute Gasteiger partial charge is 0.454 e. The molecule has 160 valence electrons. The highest BCUT2D eigenvalue weighted by Crippen LogP contribution is 2.35. The predicted octanol–water partition coefficient (Wildman–Crippen LogP) is 4.77. The number of hydrogen-bond acceptors (Lipinski definition) is 6. The second-order valence-corrected chi connectivity index (χ2v) is 8.80. The van der Waals surface area contributed by atoms with E-state index < -0.39 is 0 Å². The van der Waals surface area contributed by atoms with E-state index in [9.17, 15) is 4.79 Å². The number of amides is 1. The number of aliphatic imine (C=N–C) groups is 1. The van der Waals surface area contributed by atoms with Gasteiger partial charge in [0.15, 0.2) is 16.7 Å². The van der Waals surface area contributed by atoms with Crippen molar-refractivity contribution in [3.05, 3.63) is 59.3 Å². The summed E-state index contributed by atoms with van der Waals surface area (Å²) in [6.07, 6.45) is 5.37. The highest BCUT2D eigenvalue weighted by atomic mass is 32.2. The molecule has 2 aromatic carbocycles. The molecule has 0 bridgehead atoms. The van der Waals surface area contributed by atoms with Crippen LogP contribution in [0.5, 0.6) is 11.5 Å². The molecule has 0 saturated carbocycles. The van der Waals surface area contributed by atoms with Crippen LogP contribution >= 0.6 is 11.8 Å². The normalized spacial score (nSPS) is 21.6. The van der Waals surface area contributed by atoms with Crippen molar-refractivity contribution in [2.24, 2.45) is 4.99 Å².